The normalized spacial score (nSPS) is 16.5. The molecule has 0 aliphatic carbocycles. The number of halogens is 2. The Morgan fingerprint density at radius 2 is 2.11 bits per heavy atom. The van der Waals surface area contributed by atoms with Gasteiger partial charge in [0.15, 0.2) is 5.96 Å². The number of guanidine groups is 1. The average Bonchev–Trinajstić information content (AvgIpc) is 2.64. The molecule has 0 saturated carbocycles. The van der Waals surface area contributed by atoms with E-state index in [9.17, 15) is 4.39 Å². The Hall–Kier alpha value is -0.930. The van der Waals surface area contributed by atoms with Gasteiger partial charge in [-0.25, -0.2) is 4.39 Å². The Morgan fingerprint density at radius 1 is 1.37 bits per heavy atom. The van der Waals surface area contributed by atoms with Crippen molar-refractivity contribution in [2.24, 2.45) is 4.99 Å². The quantitative estimate of drug-likeness (QED) is 0.249. The van der Waals surface area contributed by atoms with Crippen LogP contribution in [-0.2, 0) is 9.47 Å². The summed E-state index contributed by atoms with van der Waals surface area (Å²) in [5, 5.41) is 6.57. The highest BCUT2D eigenvalue weighted by molar-refractivity contribution is 14.0. The SMILES string of the molecule is CCNC(=NCCCOC1CCOCC1)NC(C)c1ccc(C)c(F)c1.I. The van der Waals surface area contributed by atoms with Gasteiger partial charge in [-0.3, -0.25) is 4.99 Å². The Labute approximate surface area is 179 Å². The number of rotatable bonds is 8. The van der Waals surface area contributed by atoms with Crippen LogP contribution in [0.5, 0.6) is 0 Å². The summed E-state index contributed by atoms with van der Waals surface area (Å²) in [5.74, 6) is 0.565. The number of nitrogens with one attached hydrogen (secondary N) is 2. The molecule has 0 bridgehead atoms. The summed E-state index contributed by atoms with van der Waals surface area (Å²) in [6, 6.07) is 5.31. The van der Waals surface area contributed by atoms with Gasteiger partial charge in [-0.15, -0.1) is 24.0 Å². The fraction of sp³-hybridized carbons (Fsp3) is 0.650. The molecule has 27 heavy (non-hydrogen) atoms. The lowest BCUT2D eigenvalue weighted by atomic mass is 10.1. The summed E-state index contributed by atoms with van der Waals surface area (Å²) in [7, 11) is 0. The fourth-order valence-corrected chi connectivity index (χ4v) is 2.83. The van der Waals surface area contributed by atoms with Crippen molar-refractivity contribution < 1.29 is 13.9 Å². The number of aliphatic imine (C=N–C) groups is 1. The van der Waals surface area contributed by atoms with Gasteiger partial charge in [-0.05, 0) is 57.2 Å². The summed E-state index contributed by atoms with van der Waals surface area (Å²) in [4.78, 5) is 4.60. The van der Waals surface area contributed by atoms with Crippen LogP contribution in [0, 0.1) is 12.7 Å². The zero-order valence-corrected chi connectivity index (χ0v) is 18.9. The van der Waals surface area contributed by atoms with E-state index >= 15 is 0 Å². The van der Waals surface area contributed by atoms with E-state index in [0.717, 1.165) is 50.5 Å². The second-order valence-electron chi connectivity index (χ2n) is 6.67. The Kier molecular flexibility index (Phi) is 11.9. The van der Waals surface area contributed by atoms with Crippen LogP contribution in [0.4, 0.5) is 4.39 Å². The first-order valence-corrected chi connectivity index (χ1v) is 9.60. The molecule has 1 saturated heterocycles. The largest absolute Gasteiger partial charge is 0.381 e. The maximum atomic E-state index is 13.8. The number of ether oxygens (including phenoxy) is 2. The molecule has 0 radical (unpaired) electrons. The van der Waals surface area contributed by atoms with Gasteiger partial charge in [0.2, 0.25) is 0 Å². The highest BCUT2D eigenvalue weighted by atomic mass is 127. The van der Waals surface area contributed by atoms with E-state index in [2.05, 4.69) is 15.6 Å². The zero-order chi connectivity index (χ0) is 18.8. The first kappa shape index (κ1) is 24.1. The van der Waals surface area contributed by atoms with Gasteiger partial charge in [0.05, 0.1) is 12.1 Å². The highest BCUT2D eigenvalue weighted by Crippen LogP contribution is 2.16. The smallest absolute Gasteiger partial charge is 0.191 e. The number of hydrogen-bond acceptors (Lipinski definition) is 3. The van der Waals surface area contributed by atoms with Crippen LogP contribution in [-0.4, -0.2) is 45.0 Å². The van der Waals surface area contributed by atoms with Crippen LogP contribution in [0.3, 0.4) is 0 Å². The average molecular weight is 493 g/mol. The molecule has 1 aliphatic rings. The van der Waals surface area contributed by atoms with E-state index in [1.807, 2.05) is 19.9 Å². The molecular formula is C20H33FIN3O2. The van der Waals surface area contributed by atoms with Crippen molar-refractivity contribution in [3.05, 3.63) is 35.1 Å². The molecule has 1 heterocycles. The lowest BCUT2D eigenvalue weighted by Gasteiger charge is -2.22. The minimum absolute atomic E-state index is 0. The second kappa shape index (κ2) is 13.3. The molecule has 1 atom stereocenters. The van der Waals surface area contributed by atoms with Crippen LogP contribution in [0.2, 0.25) is 0 Å². The molecule has 2 rings (SSSR count). The number of hydrogen-bond donors (Lipinski definition) is 2. The maximum Gasteiger partial charge on any atom is 0.191 e. The monoisotopic (exact) mass is 493 g/mol. The molecule has 7 heteroatoms. The van der Waals surface area contributed by atoms with E-state index in [4.69, 9.17) is 9.47 Å². The van der Waals surface area contributed by atoms with Crippen LogP contribution in [0.1, 0.15) is 50.3 Å². The predicted octanol–water partition coefficient (Wildman–Crippen LogP) is 3.95. The van der Waals surface area contributed by atoms with E-state index in [-0.39, 0.29) is 35.8 Å². The third-order valence-electron chi connectivity index (χ3n) is 4.49. The number of nitrogens with zero attached hydrogens (tertiary/aromatic N) is 1. The zero-order valence-electron chi connectivity index (χ0n) is 16.6. The molecule has 1 aliphatic heterocycles. The topological polar surface area (TPSA) is 54.9 Å². The summed E-state index contributed by atoms with van der Waals surface area (Å²) in [6.07, 6.45) is 3.17. The van der Waals surface area contributed by atoms with Crippen LogP contribution in [0.25, 0.3) is 0 Å². The molecular weight excluding hydrogens is 460 g/mol. The van der Waals surface area contributed by atoms with Crippen molar-refractivity contribution in [3.63, 3.8) is 0 Å². The highest BCUT2D eigenvalue weighted by Gasteiger charge is 2.13. The maximum absolute atomic E-state index is 13.8. The van der Waals surface area contributed by atoms with Gasteiger partial charge < -0.3 is 20.1 Å². The lowest BCUT2D eigenvalue weighted by molar-refractivity contribution is -0.0318. The molecule has 154 valence electrons. The third-order valence-corrected chi connectivity index (χ3v) is 4.49. The molecule has 0 spiro atoms. The fourth-order valence-electron chi connectivity index (χ4n) is 2.83. The number of aryl methyl sites for hydroxylation is 1. The molecule has 1 fully saturated rings. The van der Waals surface area contributed by atoms with E-state index < -0.39 is 0 Å². The van der Waals surface area contributed by atoms with E-state index in [1.165, 1.54) is 0 Å². The molecule has 1 aromatic carbocycles. The second-order valence-corrected chi connectivity index (χ2v) is 6.67. The van der Waals surface area contributed by atoms with Gasteiger partial charge in [0.25, 0.3) is 0 Å². The summed E-state index contributed by atoms with van der Waals surface area (Å²) in [5.41, 5.74) is 1.56. The van der Waals surface area contributed by atoms with E-state index in [0.29, 0.717) is 24.8 Å². The van der Waals surface area contributed by atoms with Gasteiger partial charge in [0.1, 0.15) is 5.82 Å². The predicted molar refractivity (Wildman–Crippen MR) is 118 cm³/mol. The van der Waals surface area contributed by atoms with Crippen molar-refractivity contribution in [2.75, 3.05) is 32.9 Å². The summed E-state index contributed by atoms with van der Waals surface area (Å²) >= 11 is 0. The molecule has 1 unspecified atom stereocenters. The van der Waals surface area contributed by atoms with Gasteiger partial charge >= 0.3 is 0 Å². The summed E-state index contributed by atoms with van der Waals surface area (Å²) in [6.45, 7) is 9.58. The Balaban J connectivity index is 0.00000364. The standard InChI is InChI=1S/C20H32FN3O2.HI/c1-4-22-20(23-10-5-11-26-18-8-12-25-13-9-18)24-16(3)17-7-6-15(2)19(21)14-17;/h6-7,14,16,18H,4-5,8-13H2,1-3H3,(H2,22,23,24);1H. The van der Waals surface area contributed by atoms with Gasteiger partial charge in [-0.2, -0.15) is 0 Å². The van der Waals surface area contributed by atoms with Crippen LogP contribution in [0.15, 0.2) is 23.2 Å². The van der Waals surface area contributed by atoms with Crippen molar-refractivity contribution in [1.29, 1.82) is 0 Å². The molecule has 1 aromatic rings. The van der Waals surface area contributed by atoms with Crippen LogP contribution < -0.4 is 10.6 Å². The first-order valence-electron chi connectivity index (χ1n) is 9.60. The molecule has 2 N–H and O–H groups in total. The number of benzene rings is 1. The van der Waals surface area contributed by atoms with Gasteiger partial charge in [-0.1, -0.05) is 12.1 Å². The van der Waals surface area contributed by atoms with Gasteiger partial charge in [0, 0.05) is 32.9 Å². The van der Waals surface area contributed by atoms with Crippen molar-refractivity contribution >= 4 is 29.9 Å². The Bertz CT molecular complexity index is 580. The first-order chi connectivity index (χ1) is 12.6. The van der Waals surface area contributed by atoms with Crippen molar-refractivity contribution in [2.45, 2.75) is 52.2 Å². The molecule has 0 amide bonds. The summed E-state index contributed by atoms with van der Waals surface area (Å²) < 4.78 is 25.0. The molecule has 0 aromatic heterocycles. The minimum Gasteiger partial charge on any atom is -0.381 e. The van der Waals surface area contributed by atoms with Crippen molar-refractivity contribution in [1.82, 2.24) is 10.6 Å². The van der Waals surface area contributed by atoms with Crippen LogP contribution >= 0.6 is 24.0 Å². The Morgan fingerprint density at radius 3 is 2.78 bits per heavy atom. The third kappa shape index (κ3) is 8.74. The minimum atomic E-state index is -0.177. The lowest BCUT2D eigenvalue weighted by Crippen LogP contribution is -2.38. The van der Waals surface area contributed by atoms with E-state index in [1.54, 1.807) is 19.1 Å². The van der Waals surface area contributed by atoms with Crippen molar-refractivity contribution in [3.8, 4) is 0 Å². The molecule has 5 nitrogen and oxygen atoms in total.